The lowest BCUT2D eigenvalue weighted by Crippen LogP contribution is -2.34. The van der Waals surface area contributed by atoms with Crippen molar-refractivity contribution >= 4 is 29.1 Å². The first kappa shape index (κ1) is 15.2. The van der Waals surface area contributed by atoms with Crippen LogP contribution in [0.25, 0.3) is 0 Å². The van der Waals surface area contributed by atoms with E-state index >= 15 is 0 Å². The summed E-state index contributed by atoms with van der Waals surface area (Å²) in [5.41, 5.74) is 0.0831. The van der Waals surface area contributed by atoms with E-state index in [1.807, 2.05) is 0 Å². The molecule has 18 heavy (non-hydrogen) atoms. The van der Waals surface area contributed by atoms with E-state index in [0.29, 0.717) is 0 Å². The van der Waals surface area contributed by atoms with Crippen LogP contribution in [0.3, 0.4) is 0 Å². The third-order valence-corrected chi connectivity index (χ3v) is 3.05. The molecule has 100 valence electrons. The first-order valence-electron chi connectivity index (χ1n) is 5.08. The molecule has 0 aliphatic carbocycles. The van der Waals surface area contributed by atoms with Gasteiger partial charge in [0.2, 0.25) is 5.91 Å². The van der Waals surface area contributed by atoms with Crippen LogP contribution in [0, 0.1) is 5.82 Å². The Labute approximate surface area is 113 Å². The van der Waals surface area contributed by atoms with E-state index in [2.05, 4.69) is 5.32 Å². The van der Waals surface area contributed by atoms with Crippen molar-refractivity contribution in [3.63, 3.8) is 0 Å². The molecule has 7 heteroatoms. The molecule has 1 aromatic rings. The molecule has 2 unspecified atom stereocenters. The molecule has 0 spiro atoms. The number of benzene rings is 1. The minimum absolute atomic E-state index is 0.0579. The topological polar surface area (TPSA) is 69.6 Å². The molecule has 0 bridgehead atoms. The summed E-state index contributed by atoms with van der Waals surface area (Å²) < 4.78 is 13.3. The molecule has 3 N–H and O–H groups in total. The number of carbonyl (C=O) groups is 1. The van der Waals surface area contributed by atoms with E-state index in [1.54, 1.807) is 0 Å². The van der Waals surface area contributed by atoms with E-state index in [0.717, 1.165) is 6.07 Å². The van der Waals surface area contributed by atoms with Crippen molar-refractivity contribution in [2.75, 3.05) is 6.54 Å². The van der Waals surface area contributed by atoms with Gasteiger partial charge >= 0.3 is 0 Å². The Balaban J connectivity index is 2.83. The van der Waals surface area contributed by atoms with Gasteiger partial charge < -0.3 is 15.5 Å². The van der Waals surface area contributed by atoms with E-state index in [9.17, 15) is 19.4 Å². The molecule has 0 saturated carbocycles. The molecule has 1 rings (SSSR count). The number of halogens is 3. The van der Waals surface area contributed by atoms with Gasteiger partial charge in [-0.15, -0.1) is 0 Å². The number of hydrogen-bond acceptors (Lipinski definition) is 3. The Kier molecular flexibility index (Phi) is 5.34. The van der Waals surface area contributed by atoms with Crippen LogP contribution >= 0.6 is 23.2 Å². The van der Waals surface area contributed by atoms with Gasteiger partial charge in [0.1, 0.15) is 18.0 Å². The summed E-state index contributed by atoms with van der Waals surface area (Å²) in [7, 11) is 0. The van der Waals surface area contributed by atoms with Crippen molar-refractivity contribution in [1.82, 2.24) is 5.32 Å². The summed E-state index contributed by atoms with van der Waals surface area (Å²) in [5, 5.41) is 21.4. The first-order valence-corrected chi connectivity index (χ1v) is 5.83. The number of carbonyl (C=O) groups excluding carboxylic acids is 1. The summed E-state index contributed by atoms with van der Waals surface area (Å²) in [6, 6.07) is 2.24. The summed E-state index contributed by atoms with van der Waals surface area (Å²) >= 11 is 11.2. The Morgan fingerprint density at radius 1 is 1.44 bits per heavy atom. The summed E-state index contributed by atoms with van der Waals surface area (Å²) in [6.45, 7) is 1.12. The molecule has 0 saturated heterocycles. The standard InChI is InChI=1S/C11H12Cl2FNO3/c1-5(16)15-4-9(17)11(18)6-2-7(12)10(13)8(14)3-6/h2-3,9,11,17-18H,4H2,1H3,(H,15,16). The van der Waals surface area contributed by atoms with Gasteiger partial charge in [0.25, 0.3) is 0 Å². The smallest absolute Gasteiger partial charge is 0.216 e. The van der Waals surface area contributed by atoms with Gasteiger partial charge in [-0.2, -0.15) is 0 Å². The molecular formula is C11H12Cl2FNO3. The Bertz CT molecular complexity index is 433. The van der Waals surface area contributed by atoms with Crippen molar-refractivity contribution in [1.29, 1.82) is 0 Å². The van der Waals surface area contributed by atoms with Crippen LogP contribution in [0.4, 0.5) is 4.39 Å². The van der Waals surface area contributed by atoms with Crippen LogP contribution in [0.5, 0.6) is 0 Å². The number of aliphatic hydroxyl groups is 2. The second-order valence-electron chi connectivity index (χ2n) is 3.75. The Morgan fingerprint density at radius 2 is 2.06 bits per heavy atom. The third-order valence-electron chi connectivity index (χ3n) is 2.27. The van der Waals surface area contributed by atoms with Gasteiger partial charge in [-0.25, -0.2) is 4.39 Å². The minimum Gasteiger partial charge on any atom is -0.388 e. The first-order chi connectivity index (χ1) is 8.32. The third kappa shape index (κ3) is 3.81. The molecule has 2 atom stereocenters. The highest BCUT2D eigenvalue weighted by Gasteiger charge is 2.21. The fourth-order valence-corrected chi connectivity index (χ4v) is 1.65. The lowest BCUT2D eigenvalue weighted by atomic mass is 10.0. The zero-order chi connectivity index (χ0) is 13.9. The molecular weight excluding hydrogens is 284 g/mol. The van der Waals surface area contributed by atoms with E-state index < -0.39 is 18.0 Å². The zero-order valence-corrected chi connectivity index (χ0v) is 11.0. The lowest BCUT2D eigenvalue weighted by molar-refractivity contribution is -0.119. The molecule has 0 aliphatic heterocycles. The fraction of sp³-hybridized carbons (Fsp3) is 0.364. The van der Waals surface area contributed by atoms with Gasteiger partial charge in [0.05, 0.1) is 10.0 Å². The number of hydrogen-bond donors (Lipinski definition) is 3. The monoisotopic (exact) mass is 295 g/mol. The average molecular weight is 296 g/mol. The number of rotatable bonds is 4. The second-order valence-corrected chi connectivity index (χ2v) is 4.53. The number of nitrogens with one attached hydrogen (secondary N) is 1. The Hall–Kier alpha value is -0.880. The maximum absolute atomic E-state index is 13.3. The van der Waals surface area contributed by atoms with Gasteiger partial charge in [-0.1, -0.05) is 23.2 Å². The zero-order valence-electron chi connectivity index (χ0n) is 9.45. The largest absolute Gasteiger partial charge is 0.388 e. The summed E-state index contributed by atoms with van der Waals surface area (Å²) in [4.78, 5) is 10.7. The molecule has 1 amide bonds. The maximum Gasteiger partial charge on any atom is 0.216 e. The van der Waals surface area contributed by atoms with Crippen LogP contribution in [0.1, 0.15) is 18.6 Å². The van der Waals surface area contributed by atoms with Crippen LogP contribution in [-0.4, -0.2) is 28.8 Å². The van der Waals surface area contributed by atoms with E-state index in [-0.39, 0.29) is 28.1 Å². The van der Waals surface area contributed by atoms with Crippen molar-refractivity contribution in [3.8, 4) is 0 Å². The number of amides is 1. The van der Waals surface area contributed by atoms with Crippen molar-refractivity contribution in [2.24, 2.45) is 0 Å². The fourth-order valence-electron chi connectivity index (χ4n) is 1.33. The van der Waals surface area contributed by atoms with Gasteiger partial charge in [0, 0.05) is 13.5 Å². The molecule has 0 aromatic heterocycles. The quantitative estimate of drug-likeness (QED) is 0.740. The molecule has 0 fully saturated rings. The van der Waals surface area contributed by atoms with Crippen molar-refractivity contribution in [2.45, 2.75) is 19.1 Å². The van der Waals surface area contributed by atoms with Gasteiger partial charge in [-0.3, -0.25) is 4.79 Å². The highest BCUT2D eigenvalue weighted by Crippen LogP contribution is 2.29. The van der Waals surface area contributed by atoms with Gasteiger partial charge in [-0.05, 0) is 17.7 Å². The van der Waals surface area contributed by atoms with Crippen molar-refractivity contribution < 1.29 is 19.4 Å². The summed E-state index contributed by atoms with van der Waals surface area (Å²) in [5.74, 6) is -1.13. The Morgan fingerprint density at radius 3 is 2.56 bits per heavy atom. The van der Waals surface area contributed by atoms with Gasteiger partial charge in [0.15, 0.2) is 0 Å². The van der Waals surface area contributed by atoms with E-state index in [4.69, 9.17) is 23.2 Å². The lowest BCUT2D eigenvalue weighted by Gasteiger charge is -2.19. The molecule has 0 aliphatic rings. The molecule has 0 radical (unpaired) electrons. The summed E-state index contributed by atoms with van der Waals surface area (Å²) in [6.07, 6.45) is -2.65. The molecule has 0 heterocycles. The highest BCUT2D eigenvalue weighted by atomic mass is 35.5. The van der Waals surface area contributed by atoms with Crippen LogP contribution in [0.2, 0.25) is 10.0 Å². The van der Waals surface area contributed by atoms with Crippen LogP contribution in [0.15, 0.2) is 12.1 Å². The van der Waals surface area contributed by atoms with Crippen LogP contribution < -0.4 is 5.32 Å². The normalized spacial score (nSPS) is 14.1. The van der Waals surface area contributed by atoms with E-state index in [1.165, 1.54) is 13.0 Å². The highest BCUT2D eigenvalue weighted by molar-refractivity contribution is 6.42. The average Bonchev–Trinajstić information content (AvgIpc) is 2.31. The predicted molar refractivity (Wildman–Crippen MR) is 66.1 cm³/mol. The number of aliphatic hydroxyl groups excluding tert-OH is 2. The minimum atomic E-state index is -1.37. The van der Waals surface area contributed by atoms with Crippen molar-refractivity contribution in [3.05, 3.63) is 33.6 Å². The second kappa shape index (κ2) is 6.33. The van der Waals surface area contributed by atoms with Crippen LogP contribution in [-0.2, 0) is 4.79 Å². The predicted octanol–water partition coefficient (Wildman–Crippen LogP) is 1.66. The molecule has 1 aromatic carbocycles. The maximum atomic E-state index is 13.3. The SMILES string of the molecule is CC(=O)NCC(O)C(O)c1cc(F)c(Cl)c(Cl)c1. The molecule has 4 nitrogen and oxygen atoms in total.